The first-order valence-electron chi connectivity index (χ1n) is 8.12. The maximum atomic E-state index is 12.6. The molecule has 1 aliphatic rings. The summed E-state index contributed by atoms with van der Waals surface area (Å²) in [5.41, 5.74) is 1.68. The number of aryl methyl sites for hydroxylation is 1. The number of urea groups is 1. The molecule has 1 atom stereocenters. The van der Waals surface area contributed by atoms with Gasteiger partial charge in [-0.1, -0.05) is 0 Å². The number of carbonyl (C=O) groups excluding carboxylic acids is 1. The Labute approximate surface area is 146 Å². The smallest absolute Gasteiger partial charge is 0.321 e. The average Bonchev–Trinajstić information content (AvgIpc) is 3.21. The molecule has 24 heavy (non-hydrogen) atoms. The molecule has 6 nitrogen and oxygen atoms in total. The summed E-state index contributed by atoms with van der Waals surface area (Å²) in [6, 6.07) is 3.78. The van der Waals surface area contributed by atoms with Crippen molar-refractivity contribution in [2.45, 2.75) is 19.8 Å². The molecule has 1 saturated heterocycles. The van der Waals surface area contributed by atoms with Gasteiger partial charge < -0.3 is 15.1 Å². The highest BCUT2D eigenvalue weighted by Crippen LogP contribution is 2.25. The molecule has 3 rings (SSSR count). The Balaban J connectivity index is 1.62. The number of hydrogen-bond acceptors (Lipinski definition) is 5. The Morgan fingerprint density at radius 3 is 3.00 bits per heavy atom. The Bertz CT molecular complexity index is 701. The third-order valence-corrected chi connectivity index (χ3v) is 5.00. The molecular weight excluding hydrogens is 322 g/mol. The first-order valence-corrected chi connectivity index (χ1v) is 9.00. The number of anilines is 2. The van der Waals surface area contributed by atoms with E-state index >= 15 is 0 Å². The van der Waals surface area contributed by atoms with E-state index in [1.807, 2.05) is 54.5 Å². The van der Waals surface area contributed by atoms with Gasteiger partial charge >= 0.3 is 6.03 Å². The average molecular weight is 345 g/mol. The number of aromatic nitrogens is 2. The third-order valence-electron chi connectivity index (χ3n) is 4.20. The van der Waals surface area contributed by atoms with Crippen molar-refractivity contribution in [2.24, 2.45) is 5.92 Å². The van der Waals surface area contributed by atoms with Crippen LogP contribution in [-0.2, 0) is 6.42 Å². The molecule has 1 aliphatic heterocycles. The van der Waals surface area contributed by atoms with Crippen LogP contribution >= 0.6 is 11.3 Å². The van der Waals surface area contributed by atoms with Crippen LogP contribution < -0.4 is 10.2 Å². The summed E-state index contributed by atoms with van der Waals surface area (Å²) < 4.78 is 0. The standard InChI is InChI=1S/C17H23N5OS/c1-12-4-5-14(16(19-12)21(2)3)20-17(23)22-8-6-13(11-22)10-15-18-7-9-24-15/h4-5,7,9,13H,6,8,10-11H2,1-3H3,(H,20,23)/t13-/m1/s1. The highest BCUT2D eigenvalue weighted by Gasteiger charge is 2.27. The Morgan fingerprint density at radius 1 is 1.46 bits per heavy atom. The second-order valence-electron chi connectivity index (χ2n) is 6.38. The number of hydrogen-bond donors (Lipinski definition) is 1. The van der Waals surface area contributed by atoms with Crippen molar-refractivity contribution in [2.75, 3.05) is 37.4 Å². The summed E-state index contributed by atoms with van der Waals surface area (Å²) in [5, 5.41) is 6.16. The molecule has 1 fully saturated rings. The number of thiazole rings is 1. The van der Waals surface area contributed by atoms with Gasteiger partial charge in [-0.2, -0.15) is 0 Å². The maximum Gasteiger partial charge on any atom is 0.321 e. The molecule has 0 saturated carbocycles. The van der Waals surface area contributed by atoms with Gasteiger partial charge in [0.1, 0.15) is 0 Å². The van der Waals surface area contributed by atoms with Gasteiger partial charge in [-0.25, -0.2) is 14.8 Å². The number of pyridine rings is 1. The third kappa shape index (κ3) is 3.84. The van der Waals surface area contributed by atoms with Gasteiger partial charge in [0.25, 0.3) is 0 Å². The molecule has 128 valence electrons. The number of rotatable bonds is 4. The molecule has 7 heteroatoms. The molecule has 0 radical (unpaired) electrons. The number of carbonyl (C=O) groups is 1. The molecule has 0 aromatic carbocycles. The highest BCUT2D eigenvalue weighted by molar-refractivity contribution is 7.09. The zero-order valence-electron chi connectivity index (χ0n) is 14.3. The van der Waals surface area contributed by atoms with Crippen molar-refractivity contribution in [1.82, 2.24) is 14.9 Å². The molecule has 2 aromatic rings. The first kappa shape index (κ1) is 16.7. The predicted octanol–water partition coefficient (Wildman–Crippen LogP) is 3.01. The van der Waals surface area contributed by atoms with Crippen molar-refractivity contribution < 1.29 is 4.79 Å². The molecule has 0 bridgehead atoms. The van der Waals surface area contributed by atoms with Gasteiger partial charge in [0.2, 0.25) is 0 Å². The van der Waals surface area contributed by atoms with Crippen LogP contribution in [0.2, 0.25) is 0 Å². The Hall–Kier alpha value is -2.15. The number of likely N-dealkylation sites (tertiary alicyclic amines) is 1. The van der Waals surface area contributed by atoms with E-state index in [2.05, 4.69) is 15.3 Å². The van der Waals surface area contributed by atoms with E-state index in [9.17, 15) is 4.79 Å². The minimum Gasteiger partial charge on any atom is -0.361 e. The largest absolute Gasteiger partial charge is 0.361 e. The van der Waals surface area contributed by atoms with Crippen LogP contribution in [0.15, 0.2) is 23.7 Å². The number of nitrogens with zero attached hydrogens (tertiary/aromatic N) is 4. The lowest BCUT2D eigenvalue weighted by Gasteiger charge is -2.21. The van der Waals surface area contributed by atoms with E-state index in [1.54, 1.807) is 11.3 Å². The molecule has 1 N–H and O–H groups in total. The lowest BCUT2D eigenvalue weighted by molar-refractivity contribution is 0.221. The summed E-state index contributed by atoms with van der Waals surface area (Å²) >= 11 is 1.68. The number of amides is 2. The van der Waals surface area contributed by atoms with Crippen LogP contribution in [0.25, 0.3) is 0 Å². The molecule has 2 aromatic heterocycles. The lowest BCUT2D eigenvalue weighted by atomic mass is 10.1. The summed E-state index contributed by atoms with van der Waals surface area (Å²) in [4.78, 5) is 25.2. The van der Waals surface area contributed by atoms with Gasteiger partial charge in [0.05, 0.1) is 10.7 Å². The second-order valence-corrected chi connectivity index (χ2v) is 7.36. The Kier molecular flexibility index (Phi) is 4.99. The van der Waals surface area contributed by atoms with Crippen LogP contribution in [0.1, 0.15) is 17.1 Å². The van der Waals surface area contributed by atoms with E-state index < -0.39 is 0 Å². The van der Waals surface area contributed by atoms with Crippen molar-refractivity contribution in [3.05, 3.63) is 34.4 Å². The fourth-order valence-electron chi connectivity index (χ4n) is 2.96. The van der Waals surface area contributed by atoms with Gasteiger partial charge in [0.15, 0.2) is 5.82 Å². The molecule has 0 aliphatic carbocycles. The zero-order chi connectivity index (χ0) is 17.1. The van der Waals surface area contributed by atoms with Crippen LogP contribution in [0.4, 0.5) is 16.3 Å². The minimum atomic E-state index is -0.0506. The molecule has 0 unspecified atom stereocenters. The van der Waals surface area contributed by atoms with Crippen molar-refractivity contribution in [1.29, 1.82) is 0 Å². The predicted molar refractivity (Wildman–Crippen MR) is 97.8 cm³/mol. The van der Waals surface area contributed by atoms with Crippen LogP contribution in [0, 0.1) is 12.8 Å². The number of nitrogens with one attached hydrogen (secondary N) is 1. The van der Waals surface area contributed by atoms with Crippen LogP contribution in [-0.4, -0.2) is 48.1 Å². The first-order chi connectivity index (χ1) is 11.5. The summed E-state index contributed by atoms with van der Waals surface area (Å²) in [6.07, 6.45) is 3.82. The van der Waals surface area contributed by atoms with Crippen molar-refractivity contribution in [3.63, 3.8) is 0 Å². The van der Waals surface area contributed by atoms with Gasteiger partial charge in [-0.3, -0.25) is 0 Å². The monoisotopic (exact) mass is 345 g/mol. The zero-order valence-corrected chi connectivity index (χ0v) is 15.1. The molecular formula is C17H23N5OS. The SMILES string of the molecule is Cc1ccc(NC(=O)N2CC[C@H](Cc3nccs3)C2)c(N(C)C)n1. The van der Waals surface area contributed by atoms with Gasteiger partial charge in [-0.15, -0.1) is 11.3 Å². The van der Waals surface area contributed by atoms with E-state index in [0.717, 1.165) is 48.1 Å². The van der Waals surface area contributed by atoms with E-state index in [1.165, 1.54) is 0 Å². The van der Waals surface area contributed by atoms with Crippen molar-refractivity contribution in [3.8, 4) is 0 Å². The topological polar surface area (TPSA) is 61.4 Å². The Morgan fingerprint density at radius 2 is 2.29 bits per heavy atom. The highest BCUT2D eigenvalue weighted by atomic mass is 32.1. The quantitative estimate of drug-likeness (QED) is 0.925. The lowest BCUT2D eigenvalue weighted by Crippen LogP contribution is -2.33. The maximum absolute atomic E-state index is 12.6. The summed E-state index contributed by atoms with van der Waals surface area (Å²) in [6.45, 7) is 3.52. The van der Waals surface area contributed by atoms with E-state index in [4.69, 9.17) is 0 Å². The van der Waals surface area contributed by atoms with Gasteiger partial charge in [-0.05, 0) is 31.4 Å². The van der Waals surface area contributed by atoms with Crippen LogP contribution in [0.5, 0.6) is 0 Å². The molecule has 2 amide bonds. The van der Waals surface area contributed by atoms with E-state index in [-0.39, 0.29) is 6.03 Å². The summed E-state index contributed by atoms with van der Waals surface area (Å²) in [5.74, 6) is 1.27. The second kappa shape index (κ2) is 7.17. The minimum absolute atomic E-state index is 0.0506. The van der Waals surface area contributed by atoms with E-state index in [0.29, 0.717) is 5.92 Å². The van der Waals surface area contributed by atoms with Crippen molar-refractivity contribution >= 4 is 28.9 Å². The van der Waals surface area contributed by atoms with Crippen LogP contribution in [0.3, 0.4) is 0 Å². The molecule has 3 heterocycles. The fourth-order valence-corrected chi connectivity index (χ4v) is 3.69. The normalized spacial score (nSPS) is 17.1. The summed E-state index contributed by atoms with van der Waals surface area (Å²) in [7, 11) is 3.86. The van der Waals surface area contributed by atoms with Gasteiger partial charge in [0, 0.05) is 50.9 Å². The fraction of sp³-hybridized carbons (Fsp3) is 0.471. The molecule has 0 spiro atoms.